The minimum Gasteiger partial charge on any atom is -0.392 e. The lowest BCUT2D eigenvalue weighted by molar-refractivity contribution is -0.124. The zero-order chi connectivity index (χ0) is 10.6. The third kappa shape index (κ3) is 2.52. The Labute approximate surface area is 89.3 Å². The molecule has 0 amide bonds. The van der Waals surface area contributed by atoms with Crippen LogP contribution in [0.4, 0.5) is 0 Å². The van der Waals surface area contributed by atoms with Gasteiger partial charge in [0.1, 0.15) is 0 Å². The van der Waals surface area contributed by atoms with E-state index in [9.17, 15) is 4.79 Å². The second kappa shape index (κ2) is 5.06. The summed E-state index contributed by atoms with van der Waals surface area (Å²) < 4.78 is 0. The summed E-state index contributed by atoms with van der Waals surface area (Å²) in [5.74, 6) is -0.928. The van der Waals surface area contributed by atoms with Crippen LogP contribution in [-0.2, 0) is 4.79 Å². The fourth-order valence-corrected chi connectivity index (χ4v) is 2.06. The Kier molecular flexibility index (Phi) is 4.02. The molecule has 1 aliphatic carbocycles. The lowest BCUT2D eigenvalue weighted by Gasteiger charge is -2.21. The van der Waals surface area contributed by atoms with Crippen LogP contribution in [0, 0.1) is 23.2 Å². The minimum atomic E-state index is -0.867. The summed E-state index contributed by atoms with van der Waals surface area (Å²) in [6, 6.07) is 1.88. The molecule has 2 N–H and O–H groups in total. The van der Waals surface area contributed by atoms with Crippen LogP contribution in [0.3, 0.4) is 0 Å². The number of nitrogens with two attached hydrogens (primary N) is 1. The molecular formula is C10H14N2OS. The molecule has 1 unspecified atom stereocenters. The first-order valence-electron chi connectivity index (χ1n) is 4.89. The van der Waals surface area contributed by atoms with Gasteiger partial charge in [0.15, 0.2) is 11.7 Å². The highest BCUT2D eigenvalue weighted by molar-refractivity contribution is 7.80. The molecule has 3 nitrogen and oxygen atoms in total. The summed E-state index contributed by atoms with van der Waals surface area (Å²) in [6.45, 7) is 0. The van der Waals surface area contributed by atoms with Crippen LogP contribution < -0.4 is 5.73 Å². The highest BCUT2D eigenvalue weighted by Gasteiger charge is 2.29. The molecular weight excluding hydrogens is 196 g/mol. The first-order chi connectivity index (χ1) is 6.66. The summed E-state index contributed by atoms with van der Waals surface area (Å²) in [6.07, 6.45) is 5.12. The second-order valence-electron chi connectivity index (χ2n) is 3.70. The van der Waals surface area contributed by atoms with Gasteiger partial charge in [0.2, 0.25) is 0 Å². The fourth-order valence-electron chi connectivity index (χ4n) is 1.89. The maximum absolute atomic E-state index is 11.8. The summed E-state index contributed by atoms with van der Waals surface area (Å²) in [5.41, 5.74) is 5.34. The van der Waals surface area contributed by atoms with E-state index in [1.54, 1.807) is 0 Å². The molecule has 1 aliphatic rings. The van der Waals surface area contributed by atoms with Crippen molar-refractivity contribution < 1.29 is 4.79 Å². The molecule has 1 saturated carbocycles. The van der Waals surface area contributed by atoms with E-state index >= 15 is 0 Å². The van der Waals surface area contributed by atoms with Crippen molar-refractivity contribution in [3.05, 3.63) is 0 Å². The number of thiocarbonyl (C=S) groups is 1. The third-order valence-electron chi connectivity index (χ3n) is 2.71. The lowest BCUT2D eigenvalue weighted by atomic mass is 9.82. The van der Waals surface area contributed by atoms with E-state index in [2.05, 4.69) is 0 Å². The minimum absolute atomic E-state index is 0.00917. The molecule has 4 heteroatoms. The molecule has 0 aliphatic heterocycles. The van der Waals surface area contributed by atoms with Gasteiger partial charge in [-0.25, -0.2) is 0 Å². The first-order valence-corrected chi connectivity index (χ1v) is 5.30. The van der Waals surface area contributed by atoms with Gasteiger partial charge in [-0.15, -0.1) is 0 Å². The van der Waals surface area contributed by atoms with Crippen LogP contribution in [0.15, 0.2) is 0 Å². The van der Waals surface area contributed by atoms with E-state index in [1.807, 2.05) is 6.07 Å². The Morgan fingerprint density at radius 1 is 1.43 bits per heavy atom. The van der Waals surface area contributed by atoms with Crippen LogP contribution in [0.25, 0.3) is 0 Å². The quantitative estimate of drug-likeness (QED) is 0.718. The summed E-state index contributed by atoms with van der Waals surface area (Å²) >= 11 is 4.70. The largest absolute Gasteiger partial charge is 0.392 e. The molecule has 0 aromatic carbocycles. The smallest absolute Gasteiger partial charge is 0.159 e. The Morgan fingerprint density at radius 2 is 2.00 bits per heavy atom. The number of hydrogen-bond donors (Lipinski definition) is 1. The zero-order valence-electron chi connectivity index (χ0n) is 8.03. The van der Waals surface area contributed by atoms with E-state index in [0.717, 1.165) is 25.7 Å². The van der Waals surface area contributed by atoms with E-state index in [4.69, 9.17) is 23.2 Å². The number of carbonyl (C=O) groups excluding carboxylic acids is 1. The van der Waals surface area contributed by atoms with Crippen molar-refractivity contribution in [1.82, 2.24) is 0 Å². The SMILES string of the molecule is N#CC(C(=O)C1CCCCC1)C(N)=S. The molecule has 0 saturated heterocycles. The molecule has 0 radical (unpaired) electrons. The molecule has 0 heterocycles. The zero-order valence-corrected chi connectivity index (χ0v) is 8.85. The van der Waals surface area contributed by atoms with Gasteiger partial charge in [0.25, 0.3) is 0 Å². The van der Waals surface area contributed by atoms with Gasteiger partial charge in [-0.05, 0) is 12.8 Å². The Bertz CT molecular complexity index is 276. The van der Waals surface area contributed by atoms with Crippen molar-refractivity contribution in [2.75, 3.05) is 0 Å². The van der Waals surface area contributed by atoms with Gasteiger partial charge >= 0.3 is 0 Å². The Balaban J connectivity index is 2.62. The number of rotatable bonds is 3. The summed E-state index contributed by atoms with van der Waals surface area (Å²) in [7, 11) is 0. The van der Waals surface area contributed by atoms with E-state index in [-0.39, 0.29) is 16.7 Å². The Morgan fingerprint density at radius 3 is 2.43 bits per heavy atom. The van der Waals surface area contributed by atoms with Gasteiger partial charge < -0.3 is 5.73 Å². The number of Topliss-reactive ketones (excluding diaryl/α,β-unsaturated/α-hetero) is 1. The van der Waals surface area contributed by atoms with E-state index in [0.29, 0.717) is 0 Å². The maximum atomic E-state index is 11.8. The van der Waals surface area contributed by atoms with Crippen LogP contribution >= 0.6 is 12.2 Å². The third-order valence-corrected chi connectivity index (χ3v) is 2.94. The lowest BCUT2D eigenvalue weighted by Crippen LogP contribution is -2.33. The van der Waals surface area contributed by atoms with Gasteiger partial charge in [0, 0.05) is 5.92 Å². The average Bonchev–Trinajstić information content (AvgIpc) is 2.19. The standard InChI is InChI=1S/C10H14N2OS/c11-6-8(10(12)14)9(13)7-4-2-1-3-5-7/h7-8H,1-5H2,(H2,12,14). The van der Waals surface area contributed by atoms with Crippen molar-refractivity contribution in [3.8, 4) is 6.07 Å². The Hall–Kier alpha value is -0.950. The van der Waals surface area contributed by atoms with Gasteiger partial charge in [-0.3, -0.25) is 4.79 Å². The van der Waals surface area contributed by atoms with Crippen LogP contribution in [0.1, 0.15) is 32.1 Å². The molecule has 76 valence electrons. The van der Waals surface area contributed by atoms with Crippen LogP contribution in [-0.4, -0.2) is 10.8 Å². The van der Waals surface area contributed by atoms with E-state index in [1.165, 1.54) is 6.42 Å². The molecule has 1 atom stereocenters. The van der Waals surface area contributed by atoms with Crippen molar-refractivity contribution in [2.45, 2.75) is 32.1 Å². The number of carbonyl (C=O) groups is 1. The monoisotopic (exact) mass is 210 g/mol. The van der Waals surface area contributed by atoms with Gasteiger partial charge in [0.05, 0.1) is 11.1 Å². The normalized spacial score (nSPS) is 19.6. The summed E-state index contributed by atoms with van der Waals surface area (Å²) in [5, 5.41) is 8.76. The predicted molar refractivity (Wildman–Crippen MR) is 57.5 cm³/mol. The molecule has 1 rings (SSSR count). The van der Waals surface area contributed by atoms with Crippen LogP contribution in [0.2, 0.25) is 0 Å². The molecule has 0 spiro atoms. The van der Waals surface area contributed by atoms with E-state index < -0.39 is 5.92 Å². The van der Waals surface area contributed by atoms with Crippen molar-refractivity contribution in [3.63, 3.8) is 0 Å². The van der Waals surface area contributed by atoms with Gasteiger partial charge in [-0.2, -0.15) is 5.26 Å². The predicted octanol–water partition coefficient (Wildman–Crippen LogP) is 1.56. The topological polar surface area (TPSA) is 66.9 Å². The summed E-state index contributed by atoms with van der Waals surface area (Å²) in [4.78, 5) is 11.8. The van der Waals surface area contributed by atoms with Crippen molar-refractivity contribution >= 4 is 23.0 Å². The highest BCUT2D eigenvalue weighted by Crippen LogP contribution is 2.26. The van der Waals surface area contributed by atoms with Gasteiger partial charge in [-0.1, -0.05) is 31.5 Å². The first kappa shape index (κ1) is 11.1. The maximum Gasteiger partial charge on any atom is 0.159 e. The number of nitrogens with zero attached hydrogens (tertiary/aromatic N) is 1. The van der Waals surface area contributed by atoms with Crippen LogP contribution in [0.5, 0.6) is 0 Å². The fraction of sp³-hybridized carbons (Fsp3) is 0.700. The molecule has 14 heavy (non-hydrogen) atoms. The molecule has 0 aromatic rings. The number of hydrogen-bond acceptors (Lipinski definition) is 3. The van der Waals surface area contributed by atoms with Crippen molar-refractivity contribution in [1.29, 1.82) is 5.26 Å². The average molecular weight is 210 g/mol. The molecule has 0 aromatic heterocycles. The second-order valence-corrected chi connectivity index (χ2v) is 4.17. The molecule has 0 bridgehead atoms. The molecule has 1 fully saturated rings. The number of nitriles is 1. The number of ketones is 1. The highest BCUT2D eigenvalue weighted by atomic mass is 32.1. The van der Waals surface area contributed by atoms with Crippen molar-refractivity contribution in [2.24, 2.45) is 17.6 Å².